The van der Waals surface area contributed by atoms with Crippen molar-refractivity contribution >= 4 is 41.5 Å². The van der Waals surface area contributed by atoms with E-state index in [1.54, 1.807) is 0 Å². The van der Waals surface area contributed by atoms with E-state index in [-0.39, 0.29) is 47.9 Å². The van der Waals surface area contributed by atoms with Gasteiger partial charge in [0, 0.05) is 37.8 Å². The van der Waals surface area contributed by atoms with Gasteiger partial charge >= 0.3 is 0 Å². The minimum atomic E-state index is 0. The average Bonchev–Trinajstić information content (AvgIpc) is 2.74. The Morgan fingerprint density at radius 2 is 2.00 bits per heavy atom. The van der Waals surface area contributed by atoms with E-state index >= 15 is 0 Å². The van der Waals surface area contributed by atoms with E-state index in [1.165, 1.54) is 5.56 Å². The molecular formula is C24H39IN4O2. The summed E-state index contributed by atoms with van der Waals surface area (Å²) in [5.41, 5.74) is 2.39. The molecule has 174 valence electrons. The number of fused-ring (bicyclic) bond motifs is 1. The number of anilines is 1. The minimum Gasteiger partial charge on any atom is -0.377 e. The molecule has 0 bridgehead atoms. The fraction of sp³-hybridized carbons (Fsp3) is 0.667. The summed E-state index contributed by atoms with van der Waals surface area (Å²) in [5, 5.41) is 6.74. The Bertz CT molecular complexity index is 747. The Kier molecular flexibility index (Phi) is 10.1. The first kappa shape index (κ1) is 25.9. The Balaban J connectivity index is 0.00000341. The summed E-state index contributed by atoms with van der Waals surface area (Å²) < 4.78 is 6.10. The number of halogens is 1. The molecule has 7 heteroatoms. The van der Waals surface area contributed by atoms with Crippen LogP contribution in [0.1, 0.15) is 52.5 Å². The van der Waals surface area contributed by atoms with E-state index in [1.807, 2.05) is 30.0 Å². The first-order valence-electron chi connectivity index (χ1n) is 11.4. The monoisotopic (exact) mass is 542 g/mol. The molecule has 1 saturated heterocycles. The highest BCUT2D eigenvalue weighted by molar-refractivity contribution is 14.0. The number of carbonyl (C=O) groups excluding carboxylic acids is 1. The van der Waals surface area contributed by atoms with Gasteiger partial charge < -0.3 is 20.3 Å². The molecule has 0 spiro atoms. The molecule has 2 unspecified atom stereocenters. The molecule has 2 aliphatic heterocycles. The number of carbonyl (C=O) groups is 1. The van der Waals surface area contributed by atoms with Crippen LogP contribution >= 0.6 is 24.0 Å². The Hall–Kier alpha value is -1.35. The second-order valence-electron chi connectivity index (χ2n) is 9.41. The number of guanidine groups is 1. The van der Waals surface area contributed by atoms with Crippen LogP contribution in [0.5, 0.6) is 0 Å². The van der Waals surface area contributed by atoms with Crippen LogP contribution in [0.25, 0.3) is 0 Å². The van der Waals surface area contributed by atoms with Gasteiger partial charge in [-0.1, -0.05) is 39.0 Å². The van der Waals surface area contributed by atoms with Crippen molar-refractivity contribution in [2.24, 2.45) is 16.3 Å². The fourth-order valence-corrected chi connectivity index (χ4v) is 4.60. The van der Waals surface area contributed by atoms with Gasteiger partial charge in [-0.3, -0.25) is 4.79 Å². The summed E-state index contributed by atoms with van der Waals surface area (Å²) in [4.78, 5) is 19.4. The van der Waals surface area contributed by atoms with Gasteiger partial charge in [0.25, 0.3) is 0 Å². The summed E-state index contributed by atoms with van der Waals surface area (Å²) in [6.07, 6.45) is 4.51. The van der Waals surface area contributed by atoms with E-state index < -0.39 is 0 Å². The maximum atomic E-state index is 12.9. The fourth-order valence-electron chi connectivity index (χ4n) is 4.60. The van der Waals surface area contributed by atoms with Crippen LogP contribution in [0.4, 0.5) is 5.69 Å². The van der Waals surface area contributed by atoms with Gasteiger partial charge in [0.2, 0.25) is 5.91 Å². The first-order valence-corrected chi connectivity index (χ1v) is 11.4. The lowest BCUT2D eigenvalue weighted by molar-refractivity contribution is -0.117. The topological polar surface area (TPSA) is 66.0 Å². The normalized spacial score (nSPS) is 21.7. The van der Waals surface area contributed by atoms with Crippen molar-refractivity contribution in [3.05, 3.63) is 29.8 Å². The van der Waals surface area contributed by atoms with Gasteiger partial charge in [-0.25, -0.2) is 4.99 Å². The molecule has 1 amide bonds. The molecule has 6 nitrogen and oxygen atoms in total. The van der Waals surface area contributed by atoms with E-state index in [2.05, 4.69) is 42.5 Å². The van der Waals surface area contributed by atoms with Crippen LogP contribution in [0, 0.1) is 11.3 Å². The molecule has 2 aliphatic rings. The van der Waals surface area contributed by atoms with Crippen molar-refractivity contribution in [1.29, 1.82) is 0 Å². The maximum absolute atomic E-state index is 12.9. The van der Waals surface area contributed by atoms with Gasteiger partial charge in [0.1, 0.15) is 6.54 Å². The number of ether oxygens (including phenoxy) is 1. The zero-order valence-corrected chi connectivity index (χ0v) is 21.8. The number of hydrogen-bond donors (Lipinski definition) is 2. The Morgan fingerprint density at radius 3 is 2.74 bits per heavy atom. The molecule has 1 aromatic carbocycles. The number of rotatable bonds is 5. The van der Waals surface area contributed by atoms with Crippen LogP contribution in [-0.2, 0) is 16.0 Å². The molecule has 2 heterocycles. The standard InChI is InChI=1S/C24H38N4O2.HI/c1-5-25-23(26-16-19-12-9-15-30-22(19)24(2,3)4)27-17-21(29)28-14-8-11-18-10-6-7-13-20(18)28;/h6-7,10,13,19,22H,5,8-9,11-12,14-17H2,1-4H3,(H2,25,26,27);1H. The smallest absolute Gasteiger partial charge is 0.248 e. The summed E-state index contributed by atoms with van der Waals surface area (Å²) >= 11 is 0. The minimum absolute atomic E-state index is 0. The number of nitrogens with one attached hydrogen (secondary N) is 2. The van der Waals surface area contributed by atoms with Crippen LogP contribution in [0.3, 0.4) is 0 Å². The van der Waals surface area contributed by atoms with Crippen molar-refractivity contribution in [3.8, 4) is 0 Å². The molecule has 2 N–H and O–H groups in total. The van der Waals surface area contributed by atoms with Gasteiger partial charge in [0.05, 0.1) is 6.10 Å². The highest BCUT2D eigenvalue weighted by Gasteiger charge is 2.35. The van der Waals surface area contributed by atoms with E-state index in [4.69, 9.17) is 4.74 Å². The molecule has 1 aromatic rings. The molecule has 2 atom stereocenters. The van der Waals surface area contributed by atoms with Crippen molar-refractivity contribution < 1.29 is 9.53 Å². The second kappa shape index (κ2) is 12.0. The molecule has 3 rings (SSSR count). The van der Waals surface area contributed by atoms with Crippen LogP contribution in [0.15, 0.2) is 29.3 Å². The molecule has 0 saturated carbocycles. The number of nitrogens with zero attached hydrogens (tertiary/aromatic N) is 2. The Morgan fingerprint density at radius 1 is 1.23 bits per heavy atom. The first-order chi connectivity index (χ1) is 14.4. The predicted molar refractivity (Wildman–Crippen MR) is 138 cm³/mol. The van der Waals surface area contributed by atoms with Gasteiger partial charge in [-0.05, 0) is 49.7 Å². The number of para-hydroxylation sites is 1. The lowest BCUT2D eigenvalue weighted by Crippen LogP contribution is -2.47. The summed E-state index contributed by atoms with van der Waals surface area (Å²) in [5.74, 6) is 1.19. The summed E-state index contributed by atoms with van der Waals surface area (Å²) in [7, 11) is 0. The molecule has 0 aromatic heterocycles. The second-order valence-corrected chi connectivity index (χ2v) is 9.41. The van der Waals surface area contributed by atoms with Crippen LogP contribution in [0.2, 0.25) is 0 Å². The number of aryl methyl sites for hydroxylation is 1. The van der Waals surface area contributed by atoms with Gasteiger partial charge in [-0.15, -0.1) is 24.0 Å². The third-order valence-corrected chi connectivity index (χ3v) is 5.96. The molecule has 0 aliphatic carbocycles. The Labute approximate surface area is 204 Å². The highest BCUT2D eigenvalue weighted by atomic mass is 127. The third kappa shape index (κ3) is 7.07. The average molecular weight is 543 g/mol. The number of aliphatic imine (C=N–C) groups is 1. The van der Waals surface area contributed by atoms with Crippen LogP contribution < -0.4 is 15.5 Å². The number of amides is 1. The van der Waals surface area contributed by atoms with E-state index in [0.717, 1.165) is 57.6 Å². The molecule has 31 heavy (non-hydrogen) atoms. The maximum Gasteiger partial charge on any atom is 0.248 e. The number of hydrogen-bond acceptors (Lipinski definition) is 3. The number of benzene rings is 1. The zero-order valence-electron chi connectivity index (χ0n) is 19.4. The summed E-state index contributed by atoms with van der Waals surface area (Å²) in [6.45, 7) is 12.1. The largest absolute Gasteiger partial charge is 0.377 e. The van der Waals surface area contributed by atoms with Crippen molar-refractivity contribution in [3.63, 3.8) is 0 Å². The quantitative estimate of drug-likeness (QED) is 0.336. The third-order valence-electron chi connectivity index (χ3n) is 5.96. The molecule has 0 radical (unpaired) electrons. The highest BCUT2D eigenvalue weighted by Crippen LogP contribution is 2.33. The molecular weight excluding hydrogens is 503 g/mol. The molecule has 1 fully saturated rings. The SMILES string of the molecule is CCNC(=NCC(=O)N1CCCc2ccccc21)NCC1CCCOC1C(C)(C)C.I. The van der Waals surface area contributed by atoms with Gasteiger partial charge in [0.15, 0.2) is 5.96 Å². The lowest BCUT2D eigenvalue weighted by Gasteiger charge is -2.40. The van der Waals surface area contributed by atoms with E-state index in [9.17, 15) is 4.79 Å². The van der Waals surface area contributed by atoms with Crippen LogP contribution in [-0.4, -0.2) is 50.8 Å². The van der Waals surface area contributed by atoms with E-state index in [0.29, 0.717) is 11.9 Å². The zero-order chi connectivity index (χ0) is 21.6. The van der Waals surface area contributed by atoms with Crippen molar-refractivity contribution in [2.45, 2.75) is 59.5 Å². The predicted octanol–water partition coefficient (Wildman–Crippen LogP) is 3.98. The van der Waals surface area contributed by atoms with Crippen molar-refractivity contribution in [1.82, 2.24) is 10.6 Å². The van der Waals surface area contributed by atoms with Gasteiger partial charge in [-0.2, -0.15) is 0 Å². The lowest BCUT2D eigenvalue weighted by atomic mass is 9.78. The van der Waals surface area contributed by atoms with Crippen molar-refractivity contribution in [2.75, 3.05) is 37.7 Å². The summed E-state index contributed by atoms with van der Waals surface area (Å²) in [6, 6.07) is 8.19.